The van der Waals surface area contributed by atoms with Crippen LogP contribution < -0.4 is 3.71 Å². The molecule has 2 aromatic rings. The molecule has 1 aromatic carbocycles. The number of hydrogen-bond acceptors (Lipinski definition) is 3. The third-order valence-corrected chi connectivity index (χ3v) is 18.1. The molecule has 0 spiro atoms. The van der Waals surface area contributed by atoms with Gasteiger partial charge in [-0.05, 0) is 0 Å². The number of halogens is 1. The second kappa shape index (κ2) is 11.1. The Hall–Kier alpha value is -0.704. The molecule has 0 fully saturated rings. The van der Waals surface area contributed by atoms with Gasteiger partial charge in [-0.15, -0.1) is 0 Å². The van der Waals surface area contributed by atoms with Gasteiger partial charge in [-0.1, -0.05) is 0 Å². The summed E-state index contributed by atoms with van der Waals surface area (Å²) in [4.78, 5) is 12.3. The van der Waals surface area contributed by atoms with Crippen molar-refractivity contribution >= 4 is 30.4 Å². The van der Waals surface area contributed by atoms with E-state index >= 15 is 0 Å². The van der Waals surface area contributed by atoms with Gasteiger partial charge in [0.2, 0.25) is 0 Å². The van der Waals surface area contributed by atoms with Crippen LogP contribution in [0.3, 0.4) is 0 Å². The number of hydrogen-bond donors (Lipinski definition) is 0. The third kappa shape index (κ3) is 5.85. The van der Waals surface area contributed by atoms with Crippen LogP contribution in [0.4, 0.5) is 4.39 Å². The van der Waals surface area contributed by atoms with Crippen LogP contribution in [0.25, 0.3) is 11.3 Å². The van der Waals surface area contributed by atoms with Gasteiger partial charge in [0.25, 0.3) is 0 Å². The van der Waals surface area contributed by atoms with E-state index in [2.05, 4.69) is 60.9 Å². The summed E-state index contributed by atoms with van der Waals surface area (Å²) < 4.78 is 29.6. The molecule has 0 aliphatic rings. The maximum atomic E-state index is 13.6. The molecule has 32 heavy (non-hydrogen) atoms. The molecule has 0 unspecified atom stereocenters. The third-order valence-electron chi connectivity index (χ3n) is 6.52. The topological polar surface area (TPSA) is 36.3 Å². The first-order valence-corrected chi connectivity index (χ1v) is 24.0. The van der Waals surface area contributed by atoms with E-state index in [0.29, 0.717) is 30.0 Å². The van der Waals surface area contributed by atoms with Crippen molar-refractivity contribution in [2.75, 3.05) is 13.7 Å². The Morgan fingerprint density at radius 2 is 1.50 bits per heavy atom. The fraction of sp³-hybridized carbons (Fsp3) is 0.640. The Balaban J connectivity index is 2.46. The average molecular weight is 569 g/mol. The Morgan fingerprint density at radius 1 is 0.969 bits per heavy atom. The molecule has 180 valence electrons. The van der Waals surface area contributed by atoms with Crippen molar-refractivity contribution in [1.82, 2.24) is 9.55 Å². The van der Waals surface area contributed by atoms with E-state index in [9.17, 15) is 4.39 Å². The number of aromatic nitrogens is 2. The predicted octanol–water partition coefficient (Wildman–Crippen LogP) is 6.57. The Morgan fingerprint density at radius 3 is 1.94 bits per heavy atom. The minimum absolute atomic E-state index is 0.225. The normalized spacial score (nSPS) is 13.1. The van der Waals surface area contributed by atoms with Gasteiger partial charge in [0.1, 0.15) is 0 Å². The number of nitrogens with zero attached hydrogens (tertiary/aromatic N) is 2. The van der Waals surface area contributed by atoms with Crippen molar-refractivity contribution in [3.8, 4) is 11.3 Å². The van der Waals surface area contributed by atoms with Crippen LogP contribution in [0.15, 0.2) is 24.3 Å². The SMILES string of the molecule is COCn1c(CCO[Si](C(C)C)(C(C)C)C(C)C)nc(-c2ccc(F)cc2)[c]1[Sn]([CH3])([CH3])[CH3]. The standard InChI is InChI=1S/C22H34FN2O2Si.3CH3.Sn/c1-16(2)28(17(3)4,18(5)6)27-13-12-22-24-21(14-25(22)15-26-7)19-8-10-20(23)11-9-19;;;;/h8-11,16-18H,12-13,15H2,1-7H3;3*1H3;. The van der Waals surface area contributed by atoms with Crippen molar-refractivity contribution < 1.29 is 13.6 Å². The zero-order valence-corrected chi connectivity index (χ0v) is 25.6. The Bertz CT molecular complexity index is 852. The molecule has 4 nitrogen and oxygen atoms in total. The van der Waals surface area contributed by atoms with Crippen LogP contribution in [0.2, 0.25) is 31.4 Å². The molecular weight excluding hydrogens is 526 g/mol. The molecule has 0 radical (unpaired) electrons. The fourth-order valence-electron chi connectivity index (χ4n) is 5.35. The number of imidazole rings is 1. The van der Waals surface area contributed by atoms with Crippen LogP contribution in [0.1, 0.15) is 47.4 Å². The van der Waals surface area contributed by atoms with Crippen LogP contribution in [0, 0.1) is 5.82 Å². The summed E-state index contributed by atoms with van der Waals surface area (Å²) in [6, 6.07) is 6.71. The van der Waals surface area contributed by atoms with E-state index in [1.807, 2.05) is 12.1 Å². The number of benzene rings is 1. The summed E-state index contributed by atoms with van der Waals surface area (Å²) in [5.74, 6) is 0.781. The molecule has 0 saturated heterocycles. The zero-order chi connectivity index (χ0) is 24.3. The Labute approximate surface area is 199 Å². The van der Waals surface area contributed by atoms with Crippen molar-refractivity contribution in [3.63, 3.8) is 0 Å². The van der Waals surface area contributed by atoms with Crippen molar-refractivity contribution in [2.45, 2.75) is 86.1 Å². The van der Waals surface area contributed by atoms with E-state index in [4.69, 9.17) is 14.1 Å². The molecule has 0 saturated carbocycles. The summed E-state index contributed by atoms with van der Waals surface area (Å²) >= 11 is -2.60. The van der Waals surface area contributed by atoms with Gasteiger partial charge in [0.15, 0.2) is 0 Å². The van der Waals surface area contributed by atoms with Crippen molar-refractivity contribution in [2.24, 2.45) is 0 Å². The monoisotopic (exact) mass is 570 g/mol. The molecule has 0 amide bonds. The van der Waals surface area contributed by atoms with Gasteiger partial charge in [0.05, 0.1) is 0 Å². The molecular formula is C25H43FN2O2SiSn. The van der Waals surface area contributed by atoms with Crippen LogP contribution >= 0.6 is 0 Å². The minimum atomic E-state index is -2.60. The first-order chi connectivity index (χ1) is 14.9. The zero-order valence-electron chi connectivity index (χ0n) is 21.8. The van der Waals surface area contributed by atoms with Crippen molar-refractivity contribution in [3.05, 3.63) is 35.9 Å². The Kier molecular flexibility index (Phi) is 9.59. The summed E-state index contributed by atoms with van der Waals surface area (Å²) in [5, 5.41) is 0. The first-order valence-electron chi connectivity index (χ1n) is 11.8. The molecule has 0 bridgehead atoms. The van der Waals surface area contributed by atoms with E-state index in [-0.39, 0.29) is 5.82 Å². The first kappa shape index (κ1) is 27.5. The van der Waals surface area contributed by atoms with Crippen LogP contribution in [0.5, 0.6) is 0 Å². The van der Waals surface area contributed by atoms with Gasteiger partial charge < -0.3 is 0 Å². The van der Waals surface area contributed by atoms with E-state index in [1.54, 1.807) is 7.11 Å². The van der Waals surface area contributed by atoms with Gasteiger partial charge in [0, 0.05) is 0 Å². The number of rotatable bonds is 11. The molecule has 0 atom stereocenters. The van der Waals surface area contributed by atoms with Gasteiger partial charge in [-0.25, -0.2) is 0 Å². The predicted molar refractivity (Wildman–Crippen MR) is 138 cm³/mol. The fourth-order valence-corrected chi connectivity index (χ4v) is 16.3. The van der Waals surface area contributed by atoms with Gasteiger partial charge in [-0.3, -0.25) is 0 Å². The second-order valence-electron chi connectivity index (χ2n) is 10.7. The van der Waals surface area contributed by atoms with Crippen LogP contribution in [-0.2, 0) is 22.3 Å². The maximum absolute atomic E-state index is 13.6. The second-order valence-corrected chi connectivity index (χ2v) is 30.4. The van der Waals surface area contributed by atoms with Crippen LogP contribution in [-0.4, -0.2) is 50.0 Å². The summed E-state index contributed by atoms with van der Waals surface area (Å²) in [5.41, 5.74) is 3.62. The van der Waals surface area contributed by atoms with E-state index < -0.39 is 26.7 Å². The van der Waals surface area contributed by atoms with E-state index in [0.717, 1.165) is 23.5 Å². The quantitative estimate of drug-likeness (QED) is 0.287. The molecule has 2 rings (SSSR count). The average Bonchev–Trinajstić information content (AvgIpc) is 3.04. The number of methoxy groups -OCH3 is 1. The van der Waals surface area contributed by atoms with Crippen molar-refractivity contribution in [1.29, 1.82) is 0 Å². The molecule has 0 N–H and O–H groups in total. The summed E-state index contributed by atoms with van der Waals surface area (Å²) in [7, 11) is -0.198. The molecule has 1 aromatic heterocycles. The summed E-state index contributed by atoms with van der Waals surface area (Å²) in [6.45, 7) is 15.0. The number of ether oxygens (including phenoxy) is 1. The molecule has 0 aliphatic carbocycles. The molecule has 0 aliphatic heterocycles. The molecule has 1 heterocycles. The van der Waals surface area contributed by atoms with Gasteiger partial charge in [-0.2, -0.15) is 0 Å². The summed E-state index contributed by atoms with van der Waals surface area (Å²) in [6.07, 6.45) is 0.750. The van der Waals surface area contributed by atoms with E-state index in [1.165, 1.54) is 15.8 Å². The van der Waals surface area contributed by atoms with Gasteiger partial charge >= 0.3 is 201 Å². The molecule has 7 heteroatoms.